The van der Waals surface area contributed by atoms with Gasteiger partial charge < -0.3 is 9.84 Å². The molecule has 0 bridgehead atoms. The zero-order valence-corrected chi connectivity index (χ0v) is 11.4. The second-order valence-corrected chi connectivity index (χ2v) is 4.93. The lowest BCUT2D eigenvalue weighted by atomic mass is 10.2. The highest BCUT2D eigenvalue weighted by Gasteiger charge is 2.09. The van der Waals surface area contributed by atoms with Gasteiger partial charge in [0.05, 0.1) is 6.61 Å². The first-order chi connectivity index (χ1) is 9.20. The first kappa shape index (κ1) is 13.5. The number of carboxylic acids is 1. The molecule has 19 heavy (non-hydrogen) atoms. The molecule has 4 nitrogen and oxygen atoms in total. The van der Waals surface area contributed by atoms with Crippen LogP contribution in [-0.4, -0.2) is 22.7 Å². The second-order valence-electron chi connectivity index (χ2n) is 4.07. The molecular formula is C14H15NO3S. The highest BCUT2D eigenvalue weighted by molar-refractivity contribution is 7.13. The smallest absolute Gasteiger partial charge is 0.355 e. The third kappa shape index (κ3) is 3.54. The van der Waals surface area contributed by atoms with E-state index >= 15 is 0 Å². The van der Waals surface area contributed by atoms with Crippen LogP contribution >= 0.6 is 11.3 Å². The molecule has 0 saturated heterocycles. The molecule has 5 heteroatoms. The summed E-state index contributed by atoms with van der Waals surface area (Å²) in [5, 5.41) is 11.1. The fourth-order valence-electron chi connectivity index (χ4n) is 1.53. The number of nitrogens with zero attached hydrogens (tertiary/aromatic N) is 1. The van der Waals surface area contributed by atoms with Gasteiger partial charge in [-0.15, -0.1) is 11.3 Å². The van der Waals surface area contributed by atoms with Crippen molar-refractivity contribution in [3.05, 3.63) is 35.3 Å². The van der Waals surface area contributed by atoms with Crippen LogP contribution in [0.4, 0.5) is 0 Å². The number of rotatable bonds is 6. The van der Waals surface area contributed by atoms with E-state index in [0.29, 0.717) is 5.01 Å². The number of aromatic nitrogens is 1. The Kier molecular flexibility index (Phi) is 4.52. The summed E-state index contributed by atoms with van der Waals surface area (Å²) in [5.74, 6) is -0.172. The van der Waals surface area contributed by atoms with Crippen LogP contribution < -0.4 is 4.74 Å². The summed E-state index contributed by atoms with van der Waals surface area (Å²) >= 11 is 1.33. The fraction of sp³-hybridized carbons (Fsp3) is 0.286. The van der Waals surface area contributed by atoms with Gasteiger partial charge >= 0.3 is 5.97 Å². The molecule has 0 aliphatic carbocycles. The van der Waals surface area contributed by atoms with Gasteiger partial charge in [0.15, 0.2) is 5.69 Å². The maximum absolute atomic E-state index is 10.8. The second kappa shape index (κ2) is 6.33. The normalized spacial score (nSPS) is 10.4. The quantitative estimate of drug-likeness (QED) is 0.818. The third-order valence-corrected chi connectivity index (χ3v) is 3.48. The average Bonchev–Trinajstić information content (AvgIpc) is 2.90. The highest BCUT2D eigenvalue weighted by atomic mass is 32.1. The summed E-state index contributed by atoms with van der Waals surface area (Å²) in [6, 6.07) is 7.55. The van der Waals surface area contributed by atoms with Gasteiger partial charge in [-0.3, -0.25) is 0 Å². The summed E-state index contributed by atoms with van der Waals surface area (Å²) in [7, 11) is 0. The van der Waals surface area contributed by atoms with E-state index in [-0.39, 0.29) is 5.69 Å². The minimum absolute atomic E-state index is 0.0864. The largest absolute Gasteiger partial charge is 0.494 e. The van der Waals surface area contributed by atoms with Crippen LogP contribution in [-0.2, 0) is 0 Å². The molecule has 0 saturated carbocycles. The van der Waals surface area contributed by atoms with Crippen molar-refractivity contribution >= 4 is 17.3 Å². The zero-order valence-electron chi connectivity index (χ0n) is 10.6. The van der Waals surface area contributed by atoms with Gasteiger partial charge in [0.1, 0.15) is 10.8 Å². The monoisotopic (exact) mass is 277 g/mol. The molecule has 100 valence electrons. The lowest BCUT2D eigenvalue weighted by Crippen LogP contribution is -1.96. The van der Waals surface area contributed by atoms with Crippen LogP contribution in [0, 0.1) is 0 Å². The van der Waals surface area contributed by atoms with E-state index in [1.165, 1.54) is 11.3 Å². The number of hydrogen-bond acceptors (Lipinski definition) is 4. The molecule has 0 spiro atoms. The molecule has 1 aromatic heterocycles. The number of benzene rings is 1. The fourth-order valence-corrected chi connectivity index (χ4v) is 2.33. The van der Waals surface area contributed by atoms with Crippen LogP contribution in [0.5, 0.6) is 5.75 Å². The molecule has 1 heterocycles. The summed E-state index contributed by atoms with van der Waals surface area (Å²) in [6.07, 6.45) is 2.14. The van der Waals surface area contributed by atoms with Crippen LogP contribution in [0.1, 0.15) is 30.3 Å². The van der Waals surface area contributed by atoms with Gasteiger partial charge in [-0.25, -0.2) is 9.78 Å². The molecule has 0 aliphatic rings. The van der Waals surface area contributed by atoms with E-state index < -0.39 is 5.97 Å². The number of aromatic carboxylic acids is 1. The molecule has 2 rings (SSSR count). The molecular weight excluding hydrogens is 262 g/mol. The van der Waals surface area contributed by atoms with E-state index in [1.807, 2.05) is 24.3 Å². The Hall–Kier alpha value is -1.88. The van der Waals surface area contributed by atoms with Crippen LogP contribution in [0.25, 0.3) is 10.6 Å². The van der Waals surface area contributed by atoms with E-state index in [9.17, 15) is 4.79 Å². The van der Waals surface area contributed by atoms with E-state index in [4.69, 9.17) is 9.84 Å². The minimum Gasteiger partial charge on any atom is -0.494 e. The molecule has 1 aromatic carbocycles. The minimum atomic E-state index is -0.998. The van der Waals surface area contributed by atoms with E-state index in [2.05, 4.69) is 11.9 Å². The summed E-state index contributed by atoms with van der Waals surface area (Å²) in [5.41, 5.74) is 0.989. The molecule has 0 aliphatic heterocycles. The molecule has 0 radical (unpaired) electrons. The Bertz CT molecular complexity index is 548. The number of hydrogen-bond donors (Lipinski definition) is 1. The molecule has 0 unspecified atom stereocenters. The molecule has 2 aromatic rings. The molecule has 0 amide bonds. The van der Waals surface area contributed by atoms with Crippen molar-refractivity contribution in [1.82, 2.24) is 4.98 Å². The first-order valence-corrected chi connectivity index (χ1v) is 7.00. The van der Waals surface area contributed by atoms with Gasteiger partial charge in [0, 0.05) is 10.9 Å². The van der Waals surface area contributed by atoms with E-state index in [1.54, 1.807) is 5.38 Å². The molecule has 1 N–H and O–H groups in total. The summed E-state index contributed by atoms with van der Waals surface area (Å²) in [6.45, 7) is 2.84. The Balaban J connectivity index is 2.06. The third-order valence-electron chi connectivity index (χ3n) is 2.59. The number of carbonyl (C=O) groups is 1. The highest BCUT2D eigenvalue weighted by Crippen LogP contribution is 2.25. The van der Waals surface area contributed by atoms with Gasteiger partial charge in [-0.05, 0) is 30.7 Å². The van der Waals surface area contributed by atoms with Crippen LogP contribution in [0.3, 0.4) is 0 Å². The Morgan fingerprint density at radius 1 is 1.37 bits per heavy atom. The maximum atomic E-state index is 10.8. The molecule has 0 atom stereocenters. The van der Waals surface area contributed by atoms with Crippen molar-refractivity contribution in [2.45, 2.75) is 19.8 Å². The van der Waals surface area contributed by atoms with Gasteiger partial charge in [0.2, 0.25) is 0 Å². The predicted octanol–water partition coefficient (Wildman–Crippen LogP) is 3.69. The van der Waals surface area contributed by atoms with Crippen molar-refractivity contribution < 1.29 is 14.6 Å². The zero-order chi connectivity index (χ0) is 13.7. The lowest BCUT2D eigenvalue weighted by molar-refractivity contribution is 0.0691. The SMILES string of the molecule is CCCCOc1ccc(-c2nc(C(=O)O)cs2)cc1. The Morgan fingerprint density at radius 2 is 2.11 bits per heavy atom. The topological polar surface area (TPSA) is 59.4 Å². The standard InChI is InChI=1S/C14H15NO3S/c1-2-3-8-18-11-6-4-10(5-7-11)13-15-12(9-19-13)14(16)17/h4-7,9H,2-3,8H2,1H3,(H,16,17). The first-order valence-electron chi connectivity index (χ1n) is 6.12. The Morgan fingerprint density at radius 3 is 2.68 bits per heavy atom. The Labute approximate surface area is 115 Å². The van der Waals surface area contributed by atoms with Crippen molar-refractivity contribution in [3.8, 4) is 16.3 Å². The van der Waals surface area contributed by atoms with Crippen LogP contribution in [0.2, 0.25) is 0 Å². The maximum Gasteiger partial charge on any atom is 0.355 e. The lowest BCUT2D eigenvalue weighted by Gasteiger charge is -2.05. The number of thiazole rings is 1. The van der Waals surface area contributed by atoms with Crippen molar-refractivity contribution in [3.63, 3.8) is 0 Å². The number of ether oxygens (including phenoxy) is 1. The number of carboxylic acid groups (broad SMARTS) is 1. The summed E-state index contributed by atoms with van der Waals surface area (Å²) in [4.78, 5) is 14.8. The number of unbranched alkanes of at least 4 members (excludes halogenated alkanes) is 1. The average molecular weight is 277 g/mol. The predicted molar refractivity (Wildman–Crippen MR) is 74.9 cm³/mol. The van der Waals surface area contributed by atoms with E-state index in [0.717, 1.165) is 30.8 Å². The van der Waals surface area contributed by atoms with Gasteiger partial charge in [-0.2, -0.15) is 0 Å². The van der Waals surface area contributed by atoms with Crippen molar-refractivity contribution in [1.29, 1.82) is 0 Å². The summed E-state index contributed by atoms with van der Waals surface area (Å²) < 4.78 is 5.57. The van der Waals surface area contributed by atoms with Gasteiger partial charge in [-0.1, -0.05) is 13.3 Å². The molecule has 0 fully saturated rings. The van der Waals surface area contributed by atoms with Crippen molar-refractivity contribution in [2.24, 2.45) is 0 Å². The van der Waals surface area contributed by atoms with Gasteiger partial charge in [0.25, 0.3) is 0 Å². The van der Waals surface area contributed by atoms with Crippen LogP contribution in [0.15, 0.2) is 29.6 Å². The van der Waals surface area contributed by atoms with Crippen molar-refractivity contribution in [2.75, 3.05) is 6.61 Å².